The molecule has 0 unspecified atom stereocenters. The average molecular weight is 282 g/mol. The lowest BCUT2D eigenvalue weighted by Gasteiger charge is -2.08. The Labute approximate surface area is 111 Å². The SMILES string of the molecule is O=C(O)c1ccnc(NCc2cc(F)ccc2F)c1F. The largest absolute Gasteiger partial charge is 0.478 e. The van der Waals surface area contributed by atoms with Gasteiger partial charge in [0.05, 0.1) is 0 Å². The van der Waals surface area contributed by atoms with Crippen molar-refractivity contribution in [3.05, 3.63) is 59.0 Å². The molecular formula is C13H9F3N2O2. The van der Waals surface area contributed by atoms with E-state index in [9.17, 15) is 18.0 Å². The summed E-state index contributed by atoms with van der Waals surface area (Å²) >= 11 is 0. The van der Waals surface area contributed by atoms with Gasteiger partial charge in [0.15, 0.2) is 11.6 Å². The summed E-state index contributed by atoms with van der Waals surface area (Å²) in [6, 6.07) is 3.87. The number of rotatable bonds is 4. The van der Waals surface area contributed by atoms with Gasteiger partial charge < -0.3 is 10.4 Å². The van der Waals surface area contributed by atoms with Crippen LogP contribution in [0.25, 0.3) is 0 Å². The lowest BCUT2D eigenvalue weighted by atomic mass is 10.2. The van der Waals surface area contributed by atoms with E-state index in [-0.39, 0.29) is 17.9 Å². The van der Waals surface area contributed by atoms with E-state index in [1.165, 1.54) is 0 Å². The van der Waals surface area contributed by atoms with Crippen LogP contribution < -0.4 is 5.32 Å². The third-order valence-electron chi connectivity index (χ3n) is 2.57. The van der Waals surface area contributed by atoms with Crippen molar-refractivity contribution < 1.29 is 23.1 Å². The molecular weight excluding hydrogens is 273 g/mol. The summed E-state index contributed by atoms with van der Waals surface area (Å²) in [6.45, 7) is -0.226. The van der Waals surface area contributed by atoms with Crippen molar-refractivity contribution in [2.75, 3.05) is 5.32 Å². The Hall–Kier alpha value is -2.57. The van der Waals surface area contributed by atoms with Crippen LogP contribution in [0, 0.1) is 17.5 Å². The molecule has 0 bridgehead atoms. The number of hydrogen-bond donors (Lipinski definition) is 2. The number of halogens is 3. The van der Waals surface area contributed by atoms with E-state index in [2.05, 4.69) is 10.3 Å². The quantitative estimate of drug-likeness (QED) is 0.905. The van der Waals surface area contributed by atoms with Crippen molar-refractivity contribution in [3.63, 3.8) is 0 Å². The minimum Gasteiger partial charge on any atom is -0.478 e. The number of carbonyl (C=O) groups is 1. The number of benzene rings is 1. The number of pyridine rings is 1. The van der Waals surface area contributed by atoms with Gasteiger partial charge in [0.1, 0.15) is 17.2 Å². The van der Waals surface area contributed by atoms with Gasteiger partial charge in [-0.15, -0.1) is 0 Å². The molecule has 0 aliphatic heterocycles. The average Bonchev–Trinajstić information content (AvgIpc) is 2.41. The third-order valence-corrected chi connectivity index (χ3v) is 2.57. The molecule has 7 heteroatoms. The first-order valence-electron chi connectivity index (χ1n) is 5.54. The van der Waals surface area contributed by atoms with Crippen LogP contribution in [0.4, 0.5) is 19.0 Å². The molecule has 104 valence electrons. The fraction of sp³-hybridized carbons (Fsp3) is 0.0769. The van der Waals surface area contributed by atoms with E-state index in [4.69, 9.17) is 5.11 Å². The Kier molecular flexibility index (Phi) is 3.88. The zero-order chi connectivity index (χ0) is 14.7. The van der Waals surface area contributed by atoms with Crippen molar-refractivity contribution in [1.82, 2.24) is 4.98 Å². The monoisotopic (exact) mass is 282 g/mol. The topological polar surface area (TPSA) is 62.2 Å². The number of anilines is 1. The normalized spacial score (nSPS) is 10.3. The van der Waals surface area contributed by atoms with Gasteiger partial charge in [0.2, 0.25) is 0 Å². The Morgan fingerprint density at radius 2 is 2.00 bits per heavy atom. The van der Waals surface area contributed by atoms with Crippen molar-refractivity contribution in [1.29, 1.82) is 0 Å². The van der Waals surface area contributed by atoms with Gasteiger partial charge in [-0.25, -0.2) is 22.9 Å². The van der Waals surface area contributed by atoms with Crippen LogP contribution in [-0.2, 0) is 6.54 Å². The molecule has 0 aliphatic rings. The zero-order valence-electron chi connectivity index (χ0n) is 10.0. The van der Waals surface area contributed by atoms with E-state index in [0.29, 0.717) is 0 Å². The molecule has 0 saturated heterocycles. The number of hydrogen-bond acceptors (Lipinski definition) is 3. The first kappa shape index (κ1) is 13.9. The second kappa shape index (κ2) is 5.60. The maximum Gasteiger partial charge on any atom is 0.338 e. The minimum atomic E-state index is -1.44. The van der Waals surface area contributed by atoms with Crippen LogP contribution in [0.2, 0.25) is 0 Å². The van der Waals surface area contributed by atoms with Gasteiger partial charge >= 0.3 is 5.97 Å². The summed E-state index contributed by atoms with van der Waals surface area (Å²) in [4.78, 5) is 14.4. The maximum absolute atomic E-state index is 13.7. The summed E-state index contributed by atoms with van der Waals surface area (Å²) in [7, 11) is 0. The van der Waals surface area contributed by atoms with E-state index in [1.807, 2.05) is 0 Å². The molecule has 2 rings (SSSR count). The molecule has 0 aliphatic carbocycles. The van der Waals surface area contributed by atoms with E-state index >= 15 is 0 Å². The lowest BCUT2D eigenvalue weighted by molar-refractivity contribution is 0.0692. The number of carboxylic acid groups (broad SMARTS) is 1. The fourth-order valence-corrected chi connectivity index (χ4v) is 1.59. The highest BCUT2D eigenvalue weighted by Crippen LogP contribution is 2.17. The Bertz CT molecular complexity index is 662. The van der Waals surface area contributed by atoms with Crippen LogP contribution >= 0.6 is 0 Å². The molecule has 0 radical (unpaired) electrons. The number of aromatic nitrogens is 1. The van der Waals surface area contributed by atoms with Gasteiger partial charge in [-0.2, -0.15) is 0 Å². The second-order valence-electron chi connectivity index (χ2n) is 3.92. The zero-order valence-corrected chi connectivity index (χ0v) is 10.0. The molecule has 0 amide bonds. The standard InChI is InChI=1S/C13H9F3N2O2/c14-8-1-2-10(15)7(5-8)6-18-12-11(16)9(13(19)20)3-4-17-12/h1-5H,6H2,(H,17,18)(H,19,20). The van der Waals surface area contributed by atoms with Gasteiger partial charge in [0.25, 0.3) is 0 Å². The van der Waals surface area contributed by atoms with Crippen LogP contribution in [0.5, 0.6) is 0 Å². The highest BCUT2D eigenvalue weighted by molar-refractivity contribution is 5.88. The molecule has 1 heterocycles. The van der Waals surface area contributed by atoms with Crippen LogP contribution in [0.1, 0.15) is 15.9 Å². The van der Waals surface area contributed by atoms with Gasteiger partial charge in [-0.05, 0) is 24.3 Å². The smallest absolute Gasteiger partial charge is 0.338 e. The first-order chi connectivity index (χ1) is 9.49. The number of nitrogens with zero attached hydrogens (tertiary/aromatic N) is 1. The highest BCUT2D eigenvalue weighted by atomic mass is 19.1. The fourth-order valence-electron chi connectivity index (χ4n) is 1.59. The van der Waals surface area contributed by atoms with Crippen molar-refractivity contribution in [2.45, 2.75) is 6.54 Å². The summed E-state index contributed by atoms with van der Waals surface area (Å²) in [5.74, 6) is -4.13. The van der Waals surface area contributed by atoms with Crippen molar-refractivity contribution in [2.24, 2.45) is 0 Å². The molecule has 2 aromatic rings. The van der Waals surface area contributed by atoms with Crippen molar-refractivity contribution >= 4 is 11.8 Å². The van der Waals surface area contributed by atoms with Crippen LogP contribution in [-0.4, -0.2) is 16.1 Å². The summed E-state index contributed by atoms with van der Waals surface area (Å²) in [5, 5.41) is 11.2. The molecule has 20 heavy (non-hydrogen) atoms. The number of nitrogens with one attached hydrogen (secondary N) is 1. The van der Waals surface area contributed by atoms with E-state index < -0.39 is 29.0 Å². The Morgan fingerprint density at radius 1 is 1.25 bits per heavy atom. The Morgan fingerprint density at radius 3 is 2.70 bits per heavy atom. The van der Waals surface area contributed by atoms with Gasteiger partial charge in [-0.1, -0.05) is 0 Å². The Balaban J connectivity index is 2.21. The molecule has 2 N–H and O–H groups in total. The molecule has 4 nitrogen and oxygen atoms in total. The summed E-state index contributed by atoms with van der Waals surface area (Å²) in [5.41, 5.74) is -0.575. The van der Waals surface area contributed by atoms with E-state index in [1.54, 1.807) is 0 Å². The molecule has 0 atom stereocenters. The van der Waals surface area contributed by atoms with E-state index in [0.717, 1.165) is 30.5 Å². The predicted octanol–water partition coefficient (Wildman–Crippen LogP) is 2.81. The molecule has 0 spiro atoms. The summed E-state index contributed by atoms with van der Waals surface area (Å²) in [6.07, 6.45) is 1.11. The van der Waals surface area contributed by atoms with Crippen molar-refractivity contribution in [3.8, 4) is 0 Å². The molecule has 1 aromatic heterocycles. The molecule has 1 aromatic carbocycles. The maximum atomic E-state index is 13.7. The number of carboxylic acids is 1. The molecule has 0 fully saturated rings. The summed E-state index contributed by atoms with van der Waals surface area (Å²) < 4.78 is 40.1. The second-order valence-corrected chi connectivity index (χ2v) is 3.92. The number of aromatic carboxylic acids is 1. The molecule has 0 saturated carbocycles. The first-order valence-corrected chi connectivity index (χ1v) is 5.54. The lowest BCUT2D eigenvalue weighted by Crippen LogP contribution is -2.09. The van der Waals surface area contributed by atoms with Crippen LogP contribution in [0.15, 0.2) is 30.5 Å². The highest BCUT2D eigenvalue weighted by Gasteiger charge is 2.15. The minimum absolute atomic E-state index is 0.0214. The third kappa shape index (κ3) is 2.87. The van der Waals surface area contributed by atoms with Gasteiger partial charge in [-0.3, -0.25) is 0 Å². The van der Waals surface area contributed by atoms with Gasteiger partial charge in [0, 0.05) is 18.3 Å². The predicted molar refractivity (Wildman–Crippen MR) is 64.8 cm³/mol. The van der Waals surface area contributed by atoms with Crippen LogP contribution in [0.3, 0.4) is 0 Å².